The molecule has 0 bridgehead atoms. The number of carbonyl (C=O) groups excluding carboxylic acids is 1. The number of hydrogen-bond donors (Lipinski definition) is 1. The van der Waals surface area contributed by atoms with Crippen LogP contribution in [0.1, 0.15) is 46.4 Å². The Kier molecular flexibility index (Phi) is 7.04. The van der Waals surface area contributed by atoms with E-state index in [1.165, 1.54) is 29.7 Å². The lowest BCUT2D eigenvalue weighted by Gasteiger charge is -2.22. The van der Waals surface area contributed by atoms with Gasteiger partial charge in [0.05, 0.1) is 12.2 Å². The van der Waals surface area contributed by atoms with Gasteiger partial charge in [-0.3, -0.25) is 4.79 Å². The summed E-state index contributed by atoms with van der Waals surface area (Å²) in [5.74, 6) is -0.115. The van der Waals surface area contributed by atoms with Crippen molar-refractivity contribution >= 4 is 39.2 Å². The van der Waals surface area contributed by atoms with E-state index in [4.69, 9.17) is 10.5 Å². The summed E-state index contributed by atoms with van der Waals surface area (Å²) in [5.41, 5.74) is 7.68. The third kappa shape index (κ3) is 5.14. The van der Waals surface area contributed by atoms with Gasteiger partial charge in [-0.2, -0.15) is 4.37 Å². The van der Waals surface area contributed by atoms with Crippen molar-refractivity contribution in [2.75, 3.05) is 12.8 Å². The quantitative estimate of drug-likeness (QED) is 0.501. The summed E-state index contributed by atoms with van der Waals surface area (Å²) >= 11 is 4.71. The number of nitrogen functional groups attached to an aromatic ring is 1. The van der Waals surface area contributed by atoms with Gasteiger partial charge in [0, 0.05) is 33.7 Å². The predicted octanol–water partition coefficient (Wildman–Crippen LogP) is 5.00. The minimum atomic E-state index is -0.624. The Hall–Kier alpha value is -2.52. The third-order valence-corrected chi connectivity index (χ3v) is 5.78. The molecule has 0 fully saturated rings. The average molecular weight is 493 g/mol. The van der Waals surface area contributed by atoms with E-state index >= 15 is 0 Å². The van der Waals surface area contributed by atoms with E-state index in [9.17, 15) is 9.18 Å². The first-order chi connectivity index (χ1) is 14.3. The number of rotatable bonds is 7. The van der Waals surface area contributed by atoms with Gasteiger partial charge in [-0.05, 0) is 71.1 Å². The van der Waals surface area contributed by atoms with Crippen LogP contribution >= 0.6 is 27.5 Å². The number of aromatic nitrogens is 2. The van der Waals surface area contributed by atoms with E-state index in [1.54, 1.807) is 31.1 Å². The van der Waals surface area contributed by atoms with Crippen LogP contribution in [-0.4, -0.2) is 27.2 Å². The number of anilines is 1. The topological polar surface area (TPSA) is 81.3 Å². The molecule has 2 heterocycles. The molecule has 9 heteroatoms. The average Bonchev–Trinajstić information content (AvgIpc) is 3.17. The smallest absolute Gasteiger partial charge is 0.254 e. The summed E-state index contributed by atoms with van der Waals surface area (Å²) in [6.07, 6.45) is 1.78. The van der Waals surface area contributed by atoms with Crippen LogP contribution in [0.25, 0.3) is 0 Å². The molecular formula is C21H22BrFN4O2S. The Labute approximate surface area is 187 Å². The van der Waals surface area contributed by atoms with Crippen LogP contribution in [0.15, 0.2) is 41.0 Å². The van der Waals surface area contributed by atoms with Crippen molar-refractivity contribution in [3.8, 4) is 5.75 Å². The van der Waals surface area contributed by atoms with Crippen LogP contribution in [-0.2, 0) is 13.0 Å². The van der Waals surface area contributed by atoms with Crippen LogP contribution in [0.4, 0.5) is 10.2 Å². The highest BCUT2D eigenvalue weighted by Gasteiger charge is 2.22. The van der Waals surface area contributed by atoms with Gasteiger partial charge in [0.1, 0.15) is 11.9 Å². The van der Waals surface area contributed by atoms with E-state index in [1.807, 2.05) is 13.0 Å². The Balaban J connectivity index is 1.84. The van der Waals surface area contributed by atoms with E-state index in [0.717, 1.165) is 17.0 Å². The Morgan fingerprint density at radius 2 is 2.13 bits per heavy atom. The fourth-order valence-electron chi connectivity index (χ4n) is 2.95. The molecule has 0 aliphatic carbocycles. The molecule has 1 amide bonds. The number of carbonyl (C=O) groups is 1. The van der Waals surface area contributed by atoms with E-state index in [2.05, 4.69) is 25.3 Å². The van der Waals surface area contributed by atoms with Crippen molar-refractivity contribution in [3.63, 3.8) is 0 Å². The fraction of sp³-hybridized carbons (Fsp3) is 0.286. The summed E-state index contributed by atoms with van der Waals surface area (Å²) in [6.45, 7) is 4.20. The van der Waals surface area contributed by atoms with Crippen molar-refractivity contribution in [1.82, 2.24) is 14.3 Å². The number of aryl methyl sites for hydroxylation is 1. The van der Waals surface area contributed by atoms with E-state index in [-0.39, 0.29) is 11.7 Å². The number of nitrogens with two attached hydrogens (primary N) is 1. The third-order valence-electron chi connectivity index (χ3n) is 4.54. The maximum absolute atomic E-state index is 14.0. The first-order valence-corrected chi connectivity index (χ1v) is 10.9. The zero-order chi connectivity index (χ0) is 21.8. The second-order valence-corrected chi connectivity index (χ2v) is 8.63. The summed E-state index contributed by atoms with van der Waals surface area (Å²) in [5, 5.41) is 0. The number of ether oxygens (including phenoxy) is 1. The van der Waals surface area contributed by atoms with Crippen LogP contribution in [0.2, 0.25) is 0 Å². The Bertz CT molecular complexity index is 1060. The van der Waals surface area contributed by atoms with Crippen LogP contribution < -0.4 is 10.5 Å². The second kappa shape index (κ2) is 9.53. The Morgan fingerprint density at radius 1 is 1.37 bits per heavy atom. The fourth-order valence-corrected chi connectivity index (χ4v) is 4.12. The maximum Gasteiger partial charge on any atom is 0.254 e. The van der Waals surface area contributed by atoms with Crippen molar-refractivity contribution in [2.45, 2.75) is 32.9 Å². The van der Waals surface area contributed by atoms with Gasteiger partial charge in [0.2, 0.25) is 0 Å². The molecule has 3 aromatic rings. The molecule has 0 radical (unpaired) electrons. The number of nitrogens with zero attached hydrogens (tertiary/aromatic N) is 3. The Morgan fingerprint density at radius 3 is 2.83 bits per heavy atom. The van der Waals surface area contributed by atoms with Crippen molar-refractivity contribution < 1.29 is 13.9 Å². The van der Waals surface area contributed by atoms with E-state index < -0.39 is 11.9 Å². The highest BCUT2D eigenvalue weighted by atomic mass is 79.9. The molecule has 2 N–H and O–H groups in total. The zero-order valence-electron chi connectivity index (χ0n) is 16.9. The summed E-state index contributed by atoms with van der Waals surface area (Å²) in [6, 6.07) is 7.75. The lowest BCUT2D eigenvalue weighted by atomic mass is 10.0. The molecule has 2 aromatic heterocycles. The van der Waals surface area contributed by atoms with Gasteiger partial charge >= 0.3 is 0 Å². The number of benzene rings is 1. The standard InChI is InChI=1S/C21H22BrFN4O2S/c1-4-15-9-16(30-26-15)11-27(3)21(28)17-6-5-14(23)8-18(17)12(2)29-19-7-13(22)10-25-20(19)24/h5-10,12H,4,11H2,1-3H3,(H2,24,25). The molecule has 0 spiro atoms. The normalized spacial score (nSPS) is 11.9. The summed E-state index contributed by atoms with van der Waals surface area (Å²) in [4.78, 5) is 19.7. The monoisotopic (exact) mass is 492 g/mol. The van der Waals surface area contributed by atoms with Crippen molar-refractivity contribution in [1.29, 1.82) is 0 Å². The van der Waals surface area contributed by atoms with Gasteiger partial charge < -0.3 is 15.4 Å². The van der Waals surface area contributed by atoms with Crippen molar-refractivity contribution in [2.24, 2.45) is 0 Å². The van der Waals surface area contributed by atoms with Crippen LogP contribution in [0.3, 0.4) is 0 Å². The molecule has 0 saturated carbocycles. The molecule has 0 aliphatic heterocycles. The minimum absolute atomic E-state index is 0.211. The second-order valence-electron chi connectivity index (χ2n) is 6.83. The summed E-state index contributed by atoms with van der Waals surface area (Å²) < 4.78 is 25.0. The first-order valence-electron chi connectivity index (χ1n) is 9.35. The predicted molar refractivity (Wildman–Crippen MR) is 119 cm³/mol. The number of hydrogen-bond acceptors (Lipinski definition) is 6. The molecule has 30 heavy (non-hydrogen) atoms. The first kappa shape index (κ1) is 22.2. The van der Waals surface area contributed by atoms with Gasteiger partial charge in [-0.25, -0.2) is 9.37 Å². The summed E-state index contributed by atoms with van der Waals surface area (Å²) in [7, 11) is 1.71. The number of pyridine rings is 1. The highest BCUT2D eigenvalue weighted by Crippen LogP contribution is 2.30. The molecule has 3 rings (SSSR count). The van der Waals surface area contributed by atoms with Gasteiger partial charge in [-0.15, -0.1) is 0 Å². The zero-order valence-corrected chi connectivity index (χ0v) is 19.3. The largest absolute Gasteiger partial charge is 0.482 e. The van der Waals surface area contributed by atoms with Gasteiger partial charge in [0.15, 0.2) is 11.6 Å². The molecule has 6 nitrogen and oxygen atoms in total. The molecule has 158 valence electrons. The van der Waals surface area contributed by atoms with E-state index in [0.29, 0.717) is 27.9 Å². The SMILES string of the molecule is CCc1cc(CN(C)C(=O)c2ccc(F)cc2C(C)Oc2cc(Br)cnc2N)sn1. The number of amides is 1. The molecule has 1 atom stereocenters. The minimum Gasteiger partial charge on any atom is -0.482 e. The van der Waals surface area contributed by atoms with Crippen LogP contribution in [0, 0.1) is 5.82 Å². The molecule has 0 aliphatic rings. The van der Waals surface area contributed by atoms with Gasteiger partial charge in [0.25, 0.3) is 5.91 Å². The maximum atomic E-state index is 14.0. The lowest BCUT2D eigenvalue weighted by Crippen LogP contribution is -2.27. The molecular weight excluding hydrogens is 471 g/mol. The highest BCUT2D eigenvalue weighted by molar-refractivity contribution is 9.10. The molecule has 0 saturated heterocycles. The molecule has 1 aromatic carbocycles. The number of halogens is 2. The van der Waals surface area contributed by atoms with Crippen molar-refractivity contribution in [3.05, 3.63) is 68.5 Å². The molecule has 1 unspecified atom stereocenters. The lowest BCUT2D eigenvalue weighted by molar-refractivity contribution is 0.0781. The van der Waals surface area contributed by atoms with Crippen LogP contribution in [0.5, 0.6) is 5.75 Å². The van der Waals surface area contributed by atoms with Gasteiger partial charge in [-0.1, -0.05) is 6.92 Å².